The molecule has 0 saturated heterocycles. The normalized spacial score (nSPS) is 12.0. The maximum atomic E-state index is 13.5. The lowest BCUT2D eigenvalue weighted by molar-refractivity contribution is -0.115. The Bertz CT molecular complexity index is 619. The summed E-state index contributed by atoms with van der Waals surface area (Å²) in [5.41, 5.74) is 1.17. The van der Waals surface area contributed by atoms with Crippen molar-refractivity contribution in [3.05, 3.63) is 64.9 Å². The molecule has 2 aromatic carbocycles. The molecule has 0 unspecified atom stereocenters. The molecule has 0 radical (unpaired) electrons. The number of nitrogens with one attached hydrogen (secondary N) is 2. The second-order valence-corrected chi connectivity index (χ2v) is 5.12. The molecule has 0 aromatic heterocycles. The van der Waals surface area contributed by atoms with Gasteiger partial charge in [0, 0.05) is 11.1 Å². The van der Waals surface area contributed by atoms with Crippen LogP contribution < -0.4 is 10.6 Å². The lowest BCUT2D eigenvalue weighted by Gasteiger charge is -2.14. The molecular formula is C16H16ClFN2O. The summed E-state index contributed by atoms with van der Waals surface area (Å²) in [5, 5.41) is 5.96. The molecule has 1 atom stereocenters. The van der Waals surface area contributed by atoms with E-state index in [4.69, 9.17) is 11.6 Å². The molecule has 0 aliphatic rings. The van der Waals surface area contributed by atoms with E-state index in [1.807, 2.05) is 37.3 Å². The fraction of sp³-hybridized carbons (Fsp3) is 0.188. The quantitative estimate of drug-likeness (QED) is 0.883. The summed E-state index contributed by atoms with van der Waals surface area (Å²) in [6.45, 7) is 2.05. The van der Waals surface area contributed by atoms with Crippen molar-refractivity contribution >= 4 is 23.2 Å². The molecule has 0 spiro atoms. The first-order valence-corrected chi connectivity index (χ1v) is 6.97. The van der Waals surface area contributed by atoms with Crippen LogP contribution in [0.5, 0.6) is 0 Å². The van der Waals surface area contributed by atoms with Crippen LogP contribution in [0.3, 0.4) is 0 Å². The summed E-state index contributed by atoms with van der Waals surface area (Å²) in [6, 6.07) is 13.8. The third-order valence-electron chi connectivity index (χ3n) is 3.07. The standard InChI is InChI=1S/C16H16ClFN2O/c1-11(12-5-3-2-4-6-12)19-10-16(21)20-15-9-13(17)7-8-14(15)18/h2-9,11,19H,10H2,1H3,(H,20,21)/t11-/m0/s1. The Hall–Kier alpha value is -1.91. The van der Waals surface area contributed by atoms with Gasteiger partial charge in [-0.25, -0.2) is 4.39 Å². The highest BCUT2D eigenvalue weighted by Gasteiger charge is 2.10. The number of benzene rings is 2. The molecule has 0 saturated carbocycles. The molecule has 1 amide bonds. The summed E-state index contributed by atoms with van der Waals surface area (Å²) in [4.78, 5) is 11.8. The van der Waals surface area contributed by atoms with E-state index < -0.39 is 5.82 Å². The van der Waals surface area contributed by atoms with Crippen molar-refractivity contribution < 1.29 is 9.18 Å². The number of hydrogen-bond acceptors (Lipinski definition) is 2. The number of amides is 1. The van der Waals surface area contributed by atoms with E-state index >= 15 is 0 Å². The van der Waals surface area contributed by atoms with Crippen LogP contribution in [0, 0.1) is 5.82 Å². The SMILES string of the molecule is C[C@H](NCC(=O)Nc1cc(Cl)ccc1F)c1ccccc1. The summed E-state index contributed by atoms with van der Waals surface area (Å²) < 4.78 is 13.5. The van der Waals surface area contributed by atoms with Gasteiger partial charge in [-0.05, 0) is 30.7 Å². The van der Waals surface area contributed by atoms with Gasteiger partial charge in [-0.2, -0.15) is 0 Å². The van der Waals surface area contributed by atoms with Crippen molar-refractivity contribution in [2.45, 2.75) is 13.0 Å². The van der Waals surface area contributed by atoms with E-state index in [0.717, 1.165) is 5.56 Å². The van der Waals surface area contributed by atoms with Gasteiger partial charge in [0.05, 0.1) is 12.2 Å². The van der Waals surface area contributed by atoms with Crippen molar-refractivity contribution in [1.82, 2.24) is 5.32 Å². The highest BCUT2D eigenvalue weighted by Crippen LogP contribution is 2.19. The molecule has 2 N–H and O–H groups in total. The first-order valence-electron chi connectivity index (χ1n) is 6.59. The van der Waals surface area contributed by atoms with E-state index in [-0.39, 0.29) is 24.2 Å². The first kappa shape index (κ1) is 15.5. The van der Waals surface area contributed by atoms with Gasteiger partial charge in [-0.1, -0.05) is 41.9 Å². The Balaban J connectivity index is 1.89. The third-order valence-corrected chi connectivity index (χ3v) is 3.31. The highest BCUT2D eigenvalue weighted by molar-refractivity contribution is 6.30. The lowest BCUT2D eigenvalue weighted by Crippen LogP contribution is -2.30. The fourth-order valence-electron chi connectivity index (χ4n) is 1.89. The Morgan fingerprint density at radius 1 is 1.24 bits per heavy atom. The Kier molecular flexibility index (Phi) is 5.31. The number of anilines is 1. The molecule has 110 valence electrons. The van der Waals surface area contributed by atoms with E-state index in [2.05, 4.69) is 10.6 Å². The maximum absolute atomic E-state index is 13.5. The predicted molar refractivity (Wildman–Crippen MR) is 82.9 cm³/mol. The lowest BCUT2D eigenvalue weighted by atomic mass is 10.1. The third kappa shape index (κ3) is 4.55. The van der Waals surface area contributed by atoms with Crippen LogP contribution in [0.15, 0.2) is 48.5 Å². The second kappa shape index (κ2) is 7.20. The number of carbonyl (C=O) groups is 1. The molecule has 2 aromatic rings. The van der Waals surface area contributed by atoms with Crippen LogP contribution in [0.1, 0.15) is 18.5 Å². The van der Waals surface area contributed by atoms with Crippen LogP contribution in [0.25, 0.3) is 0 Å². The van der Waals surface area contributed by atoms with Crippen molar-refractivity contribution in [2.24, 2.45) is 0 Å². The molecule has 0 bridgehead atoms. The van der Waals surface area contributed by atoms with E-state index in [1.165, 1.54) is 18.2 Å². The predicted octanol–water partition coefficient (Wildman–Crippen LogP) is 3.77. The summed E-state index contributed by atoms with van der Waals surface area (Å²) in [6.07, 6.45) is 0. The zero-order valence-corrected chi connectivity index (χ0v) is 12.3. The highest BCUT2D eigenvalue weighted by atomic mass is 35.5. The smallest absolute Gasteiger partial charge is 0.238 e. The van der Waals surface area contributed by atoms with Gasteiger partial charge in [-0.15, -0.1) is 0 Å². The van der Waals surface area contributed by atoms with Crippen molar-refractivity contribution in [3.8, 4) is 0 Å². The van der Waals surface area contributed by atoms with Crippen LogP contribution in [0.4, 0.5) is 10.1 Å². The molecule has 21 heavy (non-hydrogen) atoms. The Morgan fingerprint density at radius 3 is 2.67 bits per heavy atom. The minimum atomic E-state index is -0.510. The minimum Gasteiger partial charge on any atom is -0.322 e. The van der Waals surface area contributed by atoms with Crippen molar-refractivity contribution in [3.63, 3.8) is 0 Å². The molecular weight excluding hydrogens is 291 g/mol. The molecule has 5 heteroatoms. The van der Waals surface area contributed by atoms with Gasteiger partial charge in [-0.3, -0.25) is 4.79 Å². The molecule has 3 nitrogen and oxygen atoms in total. The molecule has 0 fully saturated rings. The summed E-state index contributed by atoms with van der Waals surface area (Å²) >= 11 is 5.77. The second-order valence-electron chi connectivity index (χ2n) is 4.69. The van der Waals surface area contributed by atoms with Gasteiger partial charge in [0.2, 0.25) is 5.91 Å². The topological polar surface area (TPSA) is 41.1 Å². The summed E-state index contributed by atoms with van der Waals surface area (Å²) in [7, 11) is 0. The number of rotatable bonds is 5. The van der Waals surface area contributed by atoms with Gasteiger partial charge in [0.15, 0.2) is 0 Å². The fourth-order valence-corrected chi connectivity index (χ4v) is 2.07. The minimum absolute atomic E-state index is 0.0289. The summed E-state index contributed by atoms with van der Waals surface area (Å²) in [5.74, 6) is -0.831. The number of carbonyl (C=O) groups excluding carboxylic acids is 1. The number of halogens is 2. The van der Waals surface area contributed by atoms with E-state index in [9.17, 15) is 9.18 Å². The van der Waals surface area contributed by atoms with Gasteiger partial charge >= 0.3 is 0 Å². The molecule has 2 rings (SSSR count). The average molecular weight is 307 g/mol. The largest absolute Gasteiger partial charge is 0.322 e. The monoisotopic (exact) mass is 306 g/mol. The molecule has 0 heterocycles. The van der Waals surface area contributed by atoms with Crippen LogP contribution >= 0.6 is 11.6 Å². The Morgan fingerprint density at radius 2 is 1.95 bits per heavy atom. The first-order chi connectivity index (χ1) is 10.1. The van der Waals surface area contributed by atoms with Gasteiger partial charge in [0.25, 0.3) is 0 Å². The molecule has 0 aliphatic heterocycles. The van der Waals surface area contributed by atoms with Crippen LogP contribution in [-0.4, -0.2) is 12.5 Å². The maximum Gasteiger partial charge on any atom is 0.238 e. The van der Waals surface area contributed by atoms with E-state index in [0.29, 0.717) is 5.02 Å². The Labute approximate surface area is 128 Å². The zero-order valence-electron chi connectivity index (χ0n) is 11.6. The molecule has 0 aliphatic carbocycles. The van der Waals surface area contributed by atoms with Crippen molar-refractivity contribution in [1.29, 1.82) is 0 Å². The van der Waals surface area contributed by atoms with Gasteiger partial charge in [0.1, 0.15) is 5.82 Å². The van der Waals surface area contributed by atoms with Crippen molar-refractivity contribution in [2.75, 3.05) is 11.9 Å². The van der Waals surface area contributed by atoms with Crippen LogP contribution in [0.2, 0.25) is 5.02 Å². The van der Waals surface area contributed by atoms with Gasteiger partial charge < -0.3 is 10.6 Å². The van der Waals surface area contributed by atoms with E-state index in [1.54, 1.807) is 0 Å². The number of hydrogen-bond donors (Lipinski definition) is 2. The zero-order chi connectivity index (χ0) is 15.2. The average Bonchev–Trinajstić information content (AvgIpc) is 2.49. The van der Waals surface area contributed by atoms with Crippen LogP contribution in [-0.2, 0) is 4.79 Å².